The standard InChI is InChI=1S/C27H41N2O4P/c1-9-19(3)25-16-22(11-12-26(25)28-30)15-24-20(4)13-23(14-21(24)5)33-18-34(8,31)29-27(6,7)17-32-10-2/h11-14,16,19H,9-10,15,17-18H2,1-8H3,(H,29,31). The average molecular weight is 489 g/mol. The van der Waals surface area contributed by atoms with Crippen molar-refractivity contribution in [2.45, 2.75) is 72.8 Å². The van der Waals surface area contributed by atoms with Crippen molar-refractivity contribution < 1.29 is 14.0 Å². The van der Waals surface area contributed by atoms with E-state index < -0.39 is 12.8 Å². The van der Waals surface area contributed by atoms with Crippen molar-refractivity contribution in [3.8, 4) is 5.75 Å². The van der Waals surface area contributed by atoms with Crippen LogP contribution in [0.15, 0.2) is 35.5 Å². The predicted octanol–water partition coefficient (Wildman–Crippen LogP) is 7.45. The van der Waals surface area contributed by atoms with Crippen LogP contribution < -0.4 is 9.82 Å². The molecule has 0 saturated heterocycles. The molecule has 0 aliphatic rings. The minimum absolute atomic E-state index is 0.110. The van der Waals surface area contributed by atoms with Crippen LogP contribution in [0.1, 0.15) is 74.8 Å². The van der Waals surface area contributed by atoms with Gasteiger partial charge in [-0.25, -0.2) is 0 Å². The second-order valence-electron chi connectivity index (χ2n) is 10.0. The molecule has 0 heterocycles. The fourth-order valence-electron chi connectivity index (χ4n) is 4.19. The van der Waals surface area contributed by atoms with Gasteiger partial charge >= 0.3 is 0 Å². The summed E-state index contributed by atoms with van der Waals surface area (Å²) >= 11 is 0. The zero-order valence-corrected chi connectivity index (χ0v) is 22.9. The Morgan fingerprint density at radius 3 is 2.32 bits per heavy atom. The summed E-state index contributed by atoms with van der Waals surface area (Å²) in [6.45, 7) is 17.1. The number of hydrogen-bond acceptors (Lipinski definition) is 5. The lowest BCUT2D eigenvalue weighted by Crippen LogP contribution is -2.42. The van der Waals surface area contributed by atoms with Crippen molar-refractivity contribution in [3.05, 3.63) is 63.1 Å². The highest BCUT2D eigenvalue weighted by molar-refractivity contribution is 7.60. The summed E-state index contributed by atoms with van der Waals surface area (Å²) in [5, 5.41) is 6.42. The van der Waals surface area contributed by atoms with Crippen LogP contribution in [0.25, 0.3) is 0 Å². The first-order chi connectivity index (χ1) is 15.9. The van der Waals surface area contributed by atoms with Gasteiger partial charge in [0.2, 0.25) is 0 Å². The number of nitroso groups, excluding NO2 is 1. The molecule has 0 amide bonds. The van der Waals surface area contributed by atoms with Crippen molar-refractivity contribution in [1.29, 1.82) is 0 Å². The van der Waals surface area contributed by atoms with Crippen LogP contribution in [0.3, 0.4) is 0 Å². The Labute approximate surface area is 205 Å². The molecule has 7 heteroatoms. The highest BCUT2D eigenvalue weighted by Gasteiger charge is 2.27. The molecule has 2 aromatic rings. The van der Waals surface area contributed by atoms with Crippen molar-refractivity contribution in [1.82, 2.24) is 5.09 Å². The van der Waals surface area contributed by atoms with Crippen LogP contribution in [-0.4, -0.2) is 31.8 Å². The van der Waals surface area contributed by atoms with Crippen molar-refractivity contribution in [3.63, 3.8) is 0 Å². The third-order valence-electron chi connectivity index (χ3n) is 6.07. The van der Waals surface area contributed by atoms with Gasteiger partial charge in [0.25, 0.3) is 0 Å². The maximum atomic E-state index is 13.1. The topological polar surface area (TPSA) is 77.0 Å². The maximum Gasteiger partial charge on any atom is 0.181 e. The Morgan fingerprint density at radius 2 is 1.76 bits per heavy atom. The number of nitrogens with zero attached hydrogens (tertiary/aromatic N) is 1. The summed E-state index contributed by atoms with van der Waals surface area (Å²) in [4.78, 5) is 11.2. The fourth-order valence-corrected chi connectivity index (χ4v) is 6.00. The molecule has 1 N–H and O–H groups in total. The van der Waals surface area contributed by atoms with E-state index in [0.717, 1.165) is 35.1 Å². The van der Waals surface area contributed by atoms with Gasteiger partial charge in [-0.3, -0.25) is 5.09 Å². The molecule has 6 nitrogen and oxygen atoms in total. The van der Waals surface area contributed by atoms with Crippen LogP contribution in [-0.2, 0) is 15.7 Å². The molecule has 2 rings (SSSR count). The molecule has 0 bridgehead atoms. The molecule has 0 aromatic heterocycles. The molecule has 0 fully saturated rings. The minimum atomic E-state index is -2.73. The molecule has 2 unspecified atom stereocenters. The van der Waals surface area contributed by atoms with Crippen LogP contribution in [0.2, 0.25) is 0 Å². The number of ether oxygens (including phenoxy) is 2. The molecular formula is C27H41N2O4P. The molecule has 2 aromatic carbocycles. The lowest BCUT2D eigenvalue weighted by molar-refractivity contribution is 0.101. The van der Waals surface area contributed by atoms with Gasteiger partial charge in [0.15, 0.2) is 13.6 Å². The van der Waals surface area contributed by atoms with Crippen LogP contribution in [0.5, 0.6) is 5.75 Å². The van der Waals surface area contributed by atoms with E-state index in [-0.39, 0.29) is 12.3 Å². The minimum Gasteiger partial charge on any atom is -0.485 e. The predicted molar refractivity (Wildman–Crippen MR) is 142 cm³/mol. The highest BCUT2D eigenvalue weighted by atomic mass is 31.2. The Kier molecular flexibility index (Phi) is 10.0. The van der Waals surface area contributed by atoms with Crippen molar-refractivity contribution in [2.75, 3.05) is 26.2 Å². The van der Waals surface area contributed by atoms with Crippen molar-refractivity contribution in [2.24, 2.45) is 5.18 Å². The molecule has 2 atom stereocenters. The summed E-state index contributed by atoms with van der Waals surface area (Å²) in [6.07, 6.45) is 1.83. The second kappa shape index (κ2) is 12.1. The van der Waals surface area contributed by atoms with Crippen LogP contribution >= 0.6 is 7.29 Å². The molecule has 0 saturated carbocycles. The van der Waals surface area contributed by atoms with Gasteiger partial charge in [-0.15, -0.1) is 4.91 Å². The van der Waals surface area contributed by atoms with Gasteiger partial charge in [-0.05, 0) is 105 Å². The van der Waals surface area contributed by atoms with E-state index in [9.17, 15) is 9.47 Å². The fraction of sp³-hybridized carbons (Fsp3) is 0.556. The molecule has 34 heavy (non-hydrogen) atoms. The number of nitrogens with one attached hydrogen (secondary N) is 1. The first kappa shape index (κ1) is 28.2. The first-order valence-electron chi connectivity index (χ1n) is 12.0. The SMILES string of the molecule is CCOCC(C)(C)NP(C)(=O)COc1cc(C)c(Cc2ccc(N=O)c(C(C)CC)c2)c(C)c1. The average Bonchev–Trinajstić information content (AvgIpc) is 2.77. The van der Waals surface area contributed by atoms with Gasteiger partial charge in [0, 0.05) is 18.8 Å². The summed E-state index contributed by atoms with van der Waals surface area (Å²) in [5.74, 6) is 0.994. The van der Waals surface area contributed by atoms with Gasteiger partial charge in [0.1, 0.15) is 11.4 Å². The van der Waals surface area contributed by atoms with E-state index in [0.29, 0.717) is 24.7 Å². The summed E-state index contributed by atoms with van der Waals surface area (Å²) < 4.78 is 24.6. The zero-order valence-electron chi connectivity index (χ0n) is 22.0. The van der Waals surface area contributed by atoms with Crippen LogP contribution in [0.4, 0.5) is 5.69 Å². The van der Waals surface area contributed by atoms with Gasteiger partial charge in [0.05, 0.1) is 6.61 Å². The molecular weight excluding hydrogens is 447 g/mol. The number of benzene rings is 2. The second-order valence-corrected chi connectivity index (χ2v) is 12.7. The maximum absolute atomic E-state index is 13.1. The Morgan fingerprint density at radius 1 is 1.12 bits per heavy atom. The van der Waals surface area contributed by atoms with E-state index in [1.165, 1.54) is 5.56 Å². The molecule has 0 aliphatic heterocycles. The summed E-state index contributed by atoms with van der Waals surface area (Å²) in [6, 6.07) is 9.92. The molecule has 0 radical (unpaired) electrons. The van der Waals surface area contributed by atoms with Crippen LogP contribution in [0, 0.1) is 18.8 Å². The highest BCUT2D eigenvalue weighted by Crippen LogP contribution is 2.39. The van der Waals surface area contributed by atoms with Crippen molar-refractivity contribution >= 4 is 13.0 Å². The lowest BCUT2D eigenvalue weighted by atomic mass is 9.91. The smallest absolute Gasteiger partial charge is 0.181 e. The Balaban J connectivity index is 2.15. The van der Waals surface area contributed by atoms with E-state index >= 15 is 0 Å². The van der Waals surface area contributed by atoms with E-state index in [1.807, 2.05) is 45.0 Å². The molecule has 0 aliphatic carbocycles. The zero-order chi connectivity index (χ0) is 25.5. The lowest BCUT2D eigenvalue weighted by Gasteiger charge is -2.30. The normalized spacial score (nSPS) is 14.5. The number of hydrogen-bond donors (Lipinski definition) is 1. The van der Waals surface area contributed by atoms with Gasteiger partial charge < -0.3 is 14.0 Å². The molecule has 0 spiro atoms. The van der Waals surface area contributed by atoms with E-state index in [2.05, 4.69) is 44.0 Å². The third kappa shape index (κ3) is 8.04. The van der Waals surface area contributed by atoms with E-state index in [4.69, 9.17) is 9.47 Å². The number of rotatable bonds is 13. The Hall–Kier alpha value is -2.01. The van der Waals surface area contributed by atoms with E-state index in [1.54, 1.807) is 6.66 Å². The van der Waals surface area contributed by atoms with Gasteiger partial charge in [-0.1, -0.05) is 26.0 Å². The summed E-state index contributed by atoms with van der Waals surface area (Å²) in [5.41, 5.74) is 5.75. The third-order valence-corrected chi connectivity index (χ3v) is 7.77. The largest absolute Gasteiger partial charge is 0.485 e. The summed E-state index contributed by atoms with van der Waals surface area (Å²) in [7, 11) is -2.73. The monoisotopic (exact) mass is 488 g/mol. The quantitative estimate of drug-likeness (QED) is 0.234. The van der Waals surface area contributed by atoms with Gasteiger partial charge in [-0.2, -0.15) is 0 Å². The Bertz CT molecular complexity index is 1010. The molecule has 188 valence electrons. The first-order valence-corrected chi connectivity index (χ1v) is 14.4. The number of aryl methyl sites for hydroxylation is 2.